The van der Waals surface area contributed by atoms with E-state index < -0.39 is 11.5 Å². The van der Waals surface area contributed by atoms with E-state index in [1.165, 1.54) is 4.90 Å². The summed E-state index contributed by atoms with van der Waals surface area (Å²) in [5, 5.41) is 0. The molecule has 1 rings (SSSR count). The minimum Gasteiger partial charge on any atom is -0.337 e. The highest BCUT2D eigenvalue weighted by Gasteiger charge is 2.22. The molecule has 0 aromatic heterocycles. The Hall–Kier alpha value is 0.0400. The number of carbonyl (C=O) groups excluding carboxylic acids is 1. The van der Waals surface area contributed by atoms with Crippen molar-refractivity contribution in [3.05, 3.63) is 0 Å². The van der Waals surface area contributed by atoms with Gasteiger partial charge < -0.3 is 4.90 Å². The van der Waals surface area contributed by atoms with Crippen LogP contribution >= 0.6 is 23.4 Å². The predicted molar refractivity (Wildman–Crippen MR) is 44.7 cm³/mol. The standard InChI is InChI=1S/C6H9ClFNOS/c7-5(8)6(10)9-1-3-11-4-2-9/h5H,1-4H2. The van der Waals surface area contributed by atoms with Crippen LogP contribution in [0, 0.1) is 0 Å². The van der Waals surface area contributed by atoms with Crippen molar-refractivity contribution in [1.82, 2.24) is 4.90 Å². The third-order valence-corrected chi connectivity index (χ3v) is 2.64. The fourth-order valence-electron chi connectivity index (χ4n) is 0.922. The predicted octanol–water partition coefficient (Wildman–Crippen LogP) is 1.10. The topological polar surface area (TPSA) is 20.3 Å². The van der Waals surface area contributed by atoms with Crippen LogP contribution in [0.5, 0.6) is 0 Å². The molecule has 1 fully saturated rings. The van der Waals surface area contributed by atoms with Gasteiger partial charge in [-0.25, -0.2) is 4.39 Å². The molecule has 11 heavy (non-hydrogen) atoms. The Morgan fingerprint density at radius 2 is 2.09 bits per heavy atom. The van der Waals surface area contributed by atoms with Crippen LogP contribution in [0.3, 0.4) is 0 Å². The lowest BCUT2D eigenvalue weighted by Gasteiger charge is -2.26. The lowest BCUT2D eigenvalue weighted by molar-refractivity contribution is -0.133. The average molecular weight is 198 g/mol. The number of amides is 1. The largest absolute Gasteiger partial charge is 0.337 e. The third kappa shape index (κ3) is 2.52. The van der Waals surface area contributed by atoms with Crippen molar-refractivity contribution in [1.29, 1.82) is 0 Å². The molecule has 0 aromatic carbocycles. The van der Waals surface area contributed by atoms with Crippen molar-refractivity contribution >= 4 is 29.3 Å². The second kappa shape index (κ2) is 4.16. The van der Waals surface area contributed by atoms with E-state index in [0.29, 0.717) is 13.1 Å². The number of thioether (sulfide) groups is 1. The lowest BCUT2D eigenvalue weighted by atomic mass is 10.4. The molecule has 1 heterocycles. The second-order valence-corrected chi connectivity index (χ2v) is 3.85. The maximum atomic E-state index is 12.2. The summed E-state index contributed by atoms with van der Waals surface area (Å²) in [5.74, 6) is 1.18. The van der Waals surface area contributed by atoms with E-state index >= 15 is 0 Å². The SMILES string of the molecule is O=C(C(F)Cl)N1CCSCC1. The Morgan fingerprint density at radius 3 is 2.55 bits per heavy atom. The smallest absolute Gasteiger partial charge is 0.272 e. The summed E-state index contributed by atoms with van der Waals surface area (Å²) < 4.78 is 12.2. The molecule has 1 amide bonds. The minimum absolute atomic E-state index is 0.591. The third-order valence-electron chi connectivity index (χ3n) is 1.51. The van der Waals surface area contributed by atoms with Crippen molar-refractivity contribution in [2.45, 2.75) is 5.63 Å². The summed E-state index contributed by atoms with van der Waals surface area (Å²) in [4.78, 5) is 12.4. The Bertz CT molecular complexity index is 150. The summed E-state index contributed by atoms with van der Waals surface area (Å²) in [5.41, 5.74) is -1.86. The Kier molecular flexibility index (Phi) is 3.45. The molecule has 0 aliphatic carbocycles. The first-order valence-electron chi connectivity index (χ1n) is 3.36. The van der Waals surface area contributed by atoms with Crippen LogP contribution in [0.15, 0.2) is 0 Å². The van der Waals surface area contributed by atoms with E-state index in [2.05, 4.69) is 0 Å². The average Bonchev–Trinajstić information content (AvgIpc) is 2.05. The quantitative estimate of drug-likeness (QED) is 0.587. The monoisotopic (exact) mass is 197 g/mol. The van der Waals surface area contributed by atoms with Crippen LogP contribution in [-0.4, -0.2) is 41.0 Å². The van der Waals surface area contributed by atoms with Crippen molar-refractivity contribution in [2.75, 3.05) is 24.6 Å². The number of nitrogens with zero attached hydrogens (tertiary/aromatic N) is 1. The molecule has 0 spiro atoms. The van der Waals surface area contributed by atoms with E-state index in [4.69, 9.17) is 11.6 Å². The van der Waals surface area contributed by atoms with Gasteiger partial charge in [0.1, 0.15) is 0 Å². The lowest BCUT2D eigenvalue weighted by Crippen LogP contribution is -2.40. The van der Waals surface area contributed by atoms with E-state index in [-0.39, 0.29) is 0 Å². The van der Waals surface area contributed by atoms with Crippen LogP contribution < -0.4 is 0 Å². The number of halogens is 2. The Balaban J connectivity index is 2.39. The summed E-state index contributed by atoms with van der Waals surface area (Å²) in [6.45, 7) is 1.24. The number of hydrogen-bond acceptors (Lipinski definition) is 2. The highest BCUT2D eigenvalue weighted by atomic mass is 35.5. The molecule has 1 saturated heterocycles. The van der Waals surface area contributed by atoms with E-state index in [9.17, 15) is 9.18 Å². The number of rotatable bonds is 1. The van der Waals surface area contributed by atoms with Crippen molar-refractivity contribution in [2.24, 2.45) is 0 Å². The minimum atomic E-state index is -1.86. The van der Waals surface area contributed by atoms with Crippen molar-refractivity contribution in [3.8, 4) is 0 Å². The molecular formula is C6H9ClFNOS. The molecule has 0 radical (unpaired) electrons. The Morgan fingerprint density at radius 1 is 1.55 bits per heavy atom. The highest BCUT2D eigenvalue weighted by Crippen LogP contribution is 2.12. The molecule has 64 valence electrons. The van der Waals surface area contributed by atoms with Crippen molar-refractivity contribution < 1.29 is 9.18 Å². The zero-order valence-corrected chi connectivity index (χ0v) is 7.50. The maximum absolute atomic E-state index is 12.2. The van der Waals surface area contributed by atoms with Gasteiger partial charge in [0.25, 0.3) is 11.5 Å². The van der Waals surface area contributed by atoms with Gasteiger partial charge in [0, 0.05) is 24.6 Å². The number of carbonyl (C=O) groups is 1. The molecule has 1 unspecified atom stereocenters. The molecular weight excluding hydrogens is 189 g/mol. The number of hydrogen-bond donors (Lipinski definition) is 0. The van der Waals surface area contributed by atoms with Crippen molar-refractivity contribution in [3.63, 3.8) is 0 Å². The second-order valence-electron chi connectivity index (χ2n) is 2.24. The van der Waals surface area contributed by atoms with Crippen LogP contribution in [-0.2, 0) is 4.79 Å². The zero-order chi connectivity index (χ0) is 8.27. The molecule has 0 bridgehead atoms. The molecule has 0 N–H and O–H groups in total. The maximum Gasteiger partial charge on any atom is 0.272 e. The van der Waals surface area contributed by atoms with Gasteiger partial charge in [0.2, 0.25) is 0 Å². The van der Waals surface area contributed by atoms with E-state index in [1.54, 1.807) is 11.8 Å². The summed E-state index contributed by atoms with van der Waals surface area (Å²) in [6, 6.07) is 0. The van der Waals surface area contributed by atoms with Crippen LogP contribution in [0.25, 0.3) is 0 Å². The van der Waals surface area contributed by atoms with Gasteiger partial charge in [-0.3, -0.25) is 4.79 Å². The molecule has 0 aromatic rings. The zero-order valence-electron chi connectivity index (χ0n) is 5.93. The molecule has 1 aliphatic heterocycles. The fourth-order valence-corrected chi connectivity index (χ4v) is 1.96. The van der Waals surface area contributed by atoms with Gasteiger partial charge in [-0.05, 0) is 0 Å². The first kappa shape index (κ1) is 9.13. The molecule has 1 aliphatic rings. The summed E-state index contributed by atoms with van der Waals surface area (Å²) >= 11 is 6.77. The summed E-state index contributed by atoms with van der Waals surface area (Å²) in [7, 11) is 0. The van der Waals surface area contributed by atoms with Gasteiger partial charge in [0.15, 0.2) is 0 Å². The summed E-state index contributed by atoms with van der Waals surface area (Å²) in [6.07, 6.45) is 0. The normalized spacial score (nSPS) is 21.5. The van der Waals surface area contributed by atoms with Crippen LogP contribution in [0.1, 0.15) is 0 Å². The Labute approximate surface area is 74.1 Å². The molecule has 5 heteroatoms. The van der Waals surface area contributed by atoms with E-state index in [0.717, 1.165) is 11.5 Å². The molecule has 1 atom stereocenters. The van der Waals surface area contributed by atoms with Gasteiger partial charge in [-0.2, -0.15) is 11.8 Å². The van der Waals surface area contributed by atoms with Gasteiger partial charge in [-0.15, -0.1) is 0 Å². The van der Waals surface area contributed by atoms with Gasteiger partial charge >= 0.3 is 0 Å². The van der Waals surface area contributed by atoms with Gasteiger partial charge in [0.05, 0.1) is 0 Å². The van der Waals surface area contributed by atoms with Gasteiger partial charge in [-0.1, -0.05) is 11.6 Å². The molecule has 0 saturated carbocycles. The molecule has 2 nitrogen and oxygen atoms in total. The van der Waals surface area contributed by atoms with E-state index in [1.807, 2.05) is 0 Å². The van der Waals surface area contributed by atoms with Crippen LogP contribution in [0.2, 0.25) is 0 Å². The fraction of sp³-hybridized carbons (Fsp3) is 0.833. The highest BCUT2D eigenvalue weighted by molar-refractivity contribution is 7.99. The first-order valence-corrected chi connectivity index (χ1v) is 4.95. The first-order chi connectivity index (χ1) is 5.22. The van der Waals surface area contributed by atoms with Crippen LogP contribution in [0.4, 0.5) is 4.39 Å². The number of alkyl halides is 2.